The lowest BCUT2D eigenvalue weighted by Gasteiger charge is -2.43. The zero-order valence-corrected chi connectivity index (χ0v) is 23.9. The normalized spacial score (nSPS) is 13.2. The quantitative estimate of drug-likeness (QED) is 0.384. The number of aliphatic carboxylic acids is 1. The van der Waals surface area contributed by atoms with Crippen molar-refractivity contribution in [3.8, 4) is 0 Å². The number of amides is 1. The molecule has 0 aliphatic rings. The Hall–Kier alpha value is -3.95. The Bertz CT molecular complexity index is 1210. The zero-order valence-electron chi connectivity index (χ0n) is 22.9. The van der Waals surface area contributed by atoms with E-state index in [1.807, 2.05) is 87.5 Å². The Balaban J connectivity index is 1.97. The zero-order chi connectivity index (χ0) is 28.6. The molecule has 0 radical (unpaired) electrons. The van der Waals surface area contributed by atoms with E-state index in [0.717, 1.165) is 20.8 Å². The molecule has 0 spiro atoms. The largest absolute Gasteiger partial charge is 0.508 e. The minimum Gasteiger partial charge on any atom is -0.508 e. The number of benzene rings is 3. The van der Waals surface area contributed by atoms with Gasteiger partial charge in [0.25, 0.3) is 0 Å². The predicted octanol–water partition coefficient (Wildman–Crippen LogP) is 3.83. The molecular weight excluding hydrogens is 514 g/mol. The summed E-state index contributed by atoms with van der Waals surface area (Å²) in [5.74, 6) is -2.30. The van der Waals surface area contributed by atoms with Crippen LogP contribution in [0.25, 0.3) is 0 Å². The highest BCUT2D eigenvalue weighted by Gasteiger charge is 2.55. The van der Waals surface area contributed by atoms with Crippen molar-refractivity contribution in [2.45, 2.75) is 44.6 Å². The molecule has 206 valence electrons. The van der Waals surface area contributed by atoms with Crippen LogP contribution in [-0.2, 0) is 30.1 Å². The molecule has 0 saturated carbocycles. The van der Waals surface area contributed by atoms with Gasteiger partial charge >= 0.3 is 26.3 Å². The molecule has 0 aliphatic heterocycles. The van der Waals surface area contributed by atoms with Crippen molar-refractivity contribution in [2.75, 3.05) is 14.2 Å². The molecule has 0 aliphatic carbocycles. The van der Waals surface area contributed by atoms with E-state index in [1.165, 1.54) is 14.2 Å². The van der Waals surface area contributed by atoms with E-state index >= 15 is 0 Å². The van der Waals surface area contributed by atoms with Gasteiger partial charge in [-0.1, -0.05) is 112 Å². The Labute approximate surface area is 230 Å². The predicted molar refractivity (Wildman–Crippen MR) is 150 cm³/mol. The van der Waals surface area contributed by atoms with Crippen molar-refractivity contribution in [3.63, 3.8) is 0 Å². The van der Waals surface area contributed by atoms with Gasteiger partial charge in [-0.15, -0.1) is 0 Å². The highest BCUT2D eigenvalue weighted by Crippen LogP contribution is 2.37. The van der Waals surface area contributed by atoms with Crippen LogP contribution in [0.3, 0.4) is 0 Å². The van der Waals surface area contributed by atoms with E-state index in [-0.39, 0.29) is 6.61 Å². The lowest BCUT2D eigenvalue weighted by molar-refractivity contribution is -0.160. The minimum atomic E-state index is -3.35. The Morgan fingerprint density at radius 2 is 1.31 bits per heavy atom. The van der Waals surface area contributed by atoms with Crippen molar-refractivity contribution in [1.29, 1.82) is 0 Å². The third-order valence-corrected chi connectivity index (χ3v) is 11.5. The first-order valence-corrected chi connectivity index (χ1v) is 14.5. The van der Waals surface area contributed by atoms with Crippen LogP contribution in [0.15, 0.2) is 91.0 Å². The molecular formula is C30H35NO7Si. The summed E-state index contributed by atoms with van der Waals surface area (Å²) in [5.41, 5.74) is 0.737. The minimum absolute atomic E-state index is 0.0550. The molecule has 0 fully saturated rings. The molecule has 3 rings (SSSR count). The monoisotopic (exact) mass is 549 g/mol. The number of likely N-dealkylation sites (N-methyl/N-ethyl adjacent to an activating group) is 1. The average Bonchev–Trinajstić information content (AvgIpc) is 2.93. The lowest BCUT2D eigenvalue weighted by atomic mass is 10.1. The van der Waals surface area contributed by atoms with Crippen LogP contribution < -0.4 is 10.4 Å². The maximum absolute atomic E-state index is 13.9. The molecule has 9 heteroatoms. The first-order valence-electron chi connectivity index (χ1n) is 12.6. The number of carboxylic acids is 1. The summed E-state index contributed by atoms with van der Waals surface area (Å²) >= 11 is 0. The molecule has 0 bridgehead atoms. The fraction of sp³-hybridized carbons (Fsp3) is 0.300. The Morgan fingerprint density at radius 3 is 1.72 bits per heavy atom. The van der Waals surface area contributed by atoms with E-state index < -0.39 is 43.5 Å². The van der Waals surface area contributed by atoms with Crippen molar-refractivity contribution in [1.82, 2.24) is 4.90 Å². The maximum Gasteiger partial charge on any atom is 0.410 e. The molecule has 1 amide bonds. The Kier molecular flexibility index (Phi) is 9.66. The number of carboxylic acid groups (broad SMARTS) is 1. The number of nitrogens with zero attached hydrogens (tertiary/aromatic N) is 1. The number of hydrogen-bond acceptors (Lipinski definition) is 6. The summed E-state index contributed by atoms with van der Waals surface area (Å²) in [7, 11) is -0.874. The number of ether oxygens (including phenoxy) is 2. The molecule has 1 N–H and O–H groups in total. The highest BCUT2D eigenvalue weighted by molar-refractivity contribution is 7.00. The van der Waals surface area contributed by atoms with Gasteiger partial charge in [0.1, 0.15) is 6.61 Å². The van der Waals surface area contributed by atoms with Crippen molar-refractivity contribution >= 4 is 36.7 Å². The van der Waals surface area contributed by atoms with E-state index in [0.29, 0.717) is 0 Å². The van der Waals surface area contributed by atoms with Gasteiger partial charge in [0, 0.05) is 14.2 Å². The molecule has 2 atom stereocenters. The molecule has 3 aromatic rings. The third-order valence-electron chi connectivity index (χ3n) is 6.61. The first kappa shape index (κ1) is 29.6. The van der Waals surface area contributed by atoms with E-state index in [9.17, 15) is 19.5 Å². The summed E-state index contributed by atoms with van der Waals surface area (Å²) in [6.45, 7) is 5.93. The van der Waals surface area contributed by atoms with E-state index in [1.54, 1.807) is 24.3 Å². The number of carbonyl (C=O) groups excluding carboxylic acids is 2. The van der Waals surface area contributed by atoms with Gasteiger partial charge in [0.05, 0.1) is 0 Å². The maximum atomic E-state index is 13.9. The van der Waals surface area contributed by atoms with Gasteiger partial charge < -0.3 is 19.0 Å². The SMILES string of the molecule is CO[C@@H](C(=O)O[Si](c1ccccc1)(c1ccccc1)C(C)(C)C)[C@@H](C(=O)O)N(C)C(=O)OCc1ccccc1. The third kappa shape index (κ3) is 6.55. The second-order valence-electron chi connectivity index (χ2n) is 10.2. The van der Waals surface area contributed by atoms with Gasteiger partial charge in [-0.3, -0.25) is 9.69 Å². The van der Waals surface area contributed by atoms with Gasteiger partial charge in [0.2, 0.25) is 0 Å². The molecule has 0 heterocycles. The number of methoxy groups -OCH3 is 1. The average molecular weight is 550 g/mol. The van der Waals surface area contributed by atoms with Crippen LogP contribution in [0.4, 0.5) is 4.79 Å². The molecule has 0 saturated heterocycles. The molecule has 3 aromatic carbocycles. The standard InChI is InChI=1S/C30H35NO7Si/c1-30(2,3)39(23-17-11-7-12-18-23,24-19-13-8-14-20-24)38-28(34)26(36-5)25(27(32)33)31(4)29(35)37-21-22-15-9-6-10-16-22/h6-20,25-26H,21H2,1-5H3,(H,32,33)/t25-,26+/m0/s1. The van der Waals surface area contributed by atoms with Crippen molar-refractivity contribution < 1.29 is 33.4 Å². The molecule has 39 heavy (non-hydrogen) atoms. The highest BCUT2D eigenvalue weighted by atomic mass is 28.4. The topological polar surface area (TPSA) is 102 Å². The van der Waals surface area contributed by atoms with Crippen LogP contribution in [-0.4, -0.2) is 62.7 Å². The fourth-order valence-electron chi connectivity index (χ4n) is 4.65. The van der Waals surface area contributed by atoms with Gasteiger partial charge in [-0.05, 0) is 21.0 Å². The lowest BCUT2D eigenvalue weighted by Crippen LogP contribution is -2.68. The van der Waals surface area contributed by atoms with Crippen LogP contribution in [0.1, 0.15) is 26.3 Å². The van der Waals surface area contributed by atoms with Gasteiger partial charge in [-0.25, -0.2) is 9.59 Å². The van der Waals surface area contributed by atoms with Gasteiger partial charge in [-0.2, -0.15) is 0 Å². The summed E-state index contributed by atoms with van der Waals surface area (Å²) in [5, 5.41) is 11.2. The van der Waals surface area contributed by atoms with Crippen LogP contribution in [0, 0.1) is 0 Å². The van der Waals surface area contributed by atoms with Crippen molar-refractivity contribution in [3.05, 3.63) is 96.6 Å². The number of carbonyl (C=O) groups is 3. The first-order chi connectivity index (χ1) is 18.5. The van der Waals surface area contributed by atoms with Crippen LogP contribution >= 0.6 is 0 Å². The molecule has 0 unspecified atom stereocenters. The van der Waals surface area contributed by atoms with E-state index in [4.69, 9.17) is 13.9 Å². The molecule has 0 aromatic heterocycles. The summed E-state index contributed by atoms with van der Waals surface area (Å²) < 4.78 is 17.2. The van der Waals surface area contributed by atoms with E-state index in [2.05, 4.69) is 0 Å². The summed E-state index contributed by atoms with van der Waals surface area (Å²) in [6.07, 6.45) is -2.52. The number of hydrogen-bond donors (Lipinski definition) is 1. The smallest absolute Gasteiger partial charge is 0.410 e. The number of rotatable bonds is 10. The van der Waals surface area contributed by atoms with Gasteiger partial charge in [0.15, 0.2) is 12.1 Å². The Morgan fingerprint density at radius 1 is 0.846 bits per heavy atom. The van der Waals surface area contributed by atoms with Crippen LogP contribution in [0.2, 0.25) is 5.04 Å². The summed E-state index contributed by atoms with van der Waals surface area (Å²) in [6, 6.07) is 26.3. The molecule has 8 nitrogen and oxygen atoms in total. The second-order valence-corrected chi connectivity index (χ2v) is 14.4. The fourth-order valence-corrected chi connectivity index (χ4v) is 8.99. The van der Waals surface area contributed by atoms with Crippen LogP contribution in [0.5, 0.6) is 0 Å². The summed E-state index contributed by atoms with van der Waals surface area (Å²) in [4.78, 5) is 40.0. The second kappa shape index (κ2) is 12.7. The van der Waals surface area contributed by atoms with Crippen molar-refractivity contribution in [2.24, 2.45) is 0 Å².